The van der Waals surface area contributed by atoms with E-state index in [2.05, 4.69) is 15.3 Å². The smallest absolute Gasteiger partial charge is 0.274 e. The summed E-state index contributed by atoms with van der Waals surface area (Å²) < 4.78 is 5.20. The number of nitrogens with zero attached hydrogens (tertiary/aromatic N) is 2. The van der Waals surface area contributed by atoms with Crippen molar-refractivity contribution in [2.45, 2.75) is 13.3 Å². The van der Waals surface area contributed by atoms with Crippen LogP contribution >= 0.6 is 0 Å². The van der Waals surface area contributed by atoms with E-state index in [1.807, 2.05) is 13.0 Å². The number of hydrogen-bond donors (Lipinski definition) is 1. The molecule has 5 heteroatoms. The van der Waals surface area contributed by atoms with Gasteiger partial charge in [-0.1, -0.05) is 13.0 Å². The molecule has 0 unspecified atom stereocenters. The second kappa shape index (κ2) is 5.13. The van der Waals surface area contributed by atoms with Crippen molar-refractivity contribution in [3.63, 3.8) is 0 Å². The molecule has 0 spiro atoms. The fourth-order valence-electron chi connectivity index (χ4n) is 1.99. The van der Waals surface area contributed by atoms with Crippen LogP contribution in [-0.2, 0) is 6.42 Å². The van der Waals surface area contributed by atoms with Gasteiger partial charge in [-0.2, -0.15) is 0 Å². The highest BCUT2D eigenvalue weighted by Gasteiger charge is 2.11. The van der Waals surface area contributed by atoms with Crippen molar-refractivity contribution < 1.29 is 9.21 Å². The molecule has 5 nitrogen and oxygen atoms in total. The molecule has 0 fully saturated rings. The van der Waals surface area contributed by atoms with Gasteiger partial charge in [-0.15, -0.1) is 0 Å². The zero-order valence-electron chi connectivity index (χ0n) is 11.0. The maximum atomic E-state index is 12.2. The van der Waals surface area contributed by atoms with Crippen LogP contribution in [0.4, 0.5) is 5.69 Å². The summed E-state index contributed by atoms with van der Waals surface area (Å²) in [5.74, 6) is -0.254. The summed E-state index contributed by atoms with van der Waals surface area (Å²) in [4.78, 5) is 20.4. The van der Waals surface area contributed by atoms with Crippen molar-refractivity contribution in [2.75, 3.05) is 5.32 Å². The third kappa shape index (κ3) is 2.25. The molecule has 1 N–H and O–H groups in total. The van der Waals surface area contributed by atoms with Gasteiger partial charge >= 0.3 is 0 Å². The number of aryl methyl sites for hydroxylation is 1. The van der Waals surface area contributed by atoms with Gasteiger partial charge in [0.05, 0.1) is 5.69 Å². The molecule has 2 aromatic heterocycles. The van der Waals surface area contributed by atoms with E-state index in [1.165, 1.54) is 6.39 Å². The fraction of sp³-hybridized carbons (Fsp3) is 0.133. The number of anilines is 1. The second-order valence-corrected chi connectivity index (χ2v) is 4.36. The fourth-order valence-corrected chi connectivity index (χ4v) is 1.99. The van der Waals surface area contributed by atoms with Crippen molar-refractivity contribution in [3.05, 3.63) is 54.2 Å². The number of benzene rings is 1. The Labute approximate surface area is 115 Å². The molecule has 1 amide bonds. The van der Waals surface area contributed by atoms with Crippen molar-refractivity contribution >= 4 is 22.7 Å². The van der Waals surface area contributed by atoms with E-state index in [1.54, 1.807) is 30.5 Å². The Kier molecular flexibility index (Phi) is 3.16. The van der Waals surface area contributed by atoms with Gasteiger partial charge in [0.1, 0.15) is 11.2 Å². The molecule has 20 heavy (non-hydrogen) atoms. The first-order chi connectivity index (χ1) is 9.78. The molecule has 2 heterocycles. The Hall–Kier alpha value is -2.69. The SMILES string of the molecule is CCc1ccnc(C(=O)Nc2cccc3ocnc23)c1. The summed E-state index contributed by atoms with van der Waals surface area (Å²) in [7, 11) is 0. The lowest BCUT2D eigenvalue weighted by Crippen LogP contribution is -2.14. The Morgan fingerprint density at radius 2 is 2.20 bits per heavy atom. The number of hydrogen-bond acceptors (Lipinski definition) is 4. The first-order valence-corrected chi connectivity index (χ1v) is 6.36. The largest absolute Gasteiger partial charge is 0.443 e. The molecule has 0 bridgehead atoms. The highest BCUT2D eigenvalue weighted by molar-refractivity contribution is 6.06. The van der Waals surface area contributed by atoms with E-state index < -0.39 is 0 Å². The Balaban J connectivity index is 1.90. The average Bonchev–Trinajstić information content (AvgIpc) is 2.97. The van der Waals surface area contributed by atoms with Crippen LogP contribution in [0.1, 0.15) is 23.0 Å². The molecule has 0 atom stereocenters. The molecular formula is C15H13N3O2. The van der Waals surface area contributed by atoms with E-state index in [0.717, 1.165) is 12.0 Å². The monoisotopic (exact) mass is 267 g/mol. The van der Waals surface area contributed by atoms with E-state index in [-0.39, 0.29) is 5.91 Å². The third-order valence-corrected chi connectivity index (χ3v) is 3.07. The number of rotatable bonds is 3. The molecule has 100 valence electrons. The molecule has 0 aliphatic heterocycles. The lowest BCUT2D eigenvalue weighted by molar-refractivity contribution is 0.102. The predicted octanol–water partition coefficient (Wildman–Crippen LogP) is 3.04. The number of nitrogens with one attached hydrogen (secondary N) is 1. The third-order valence-electron chi connectivity index (χ3n) is 3.07. The molecule has 3 aromatic rings. The predicted molar refractivity (Wildman–Crippen MR) is 75.6 cm³/mol. The van der Waals surface area contributed by atoms with Gasteiger partial charge in [-0.3, -0.25) is 9.78 Å². The van der Waals surface area contributed by atoms with Gasteiger partial charge in [-0.25, -0.2) is 4.98 Å². The molecule has 0 aliphatic rings. The molecule has 3 rings (SSSR count). The molecule has 1 aromatic carbocycles. The van der Waals surface area contributed by atoms with Gasteiger partial charge in [-0.05, 0) is 36.2 Å². The number of para-hydroxylation sites is 1. The Bertz CT molecular complexity index is 764. The van der Waals surface area contributed by atoms with Gasteiger partial charge in [0.25, 0.3) is 5.91 Å². The zero-order chi connectivity index (χ0) is 13.9. The highest BCUT2D eigenvalue weighted by atomic mass is 16.3. The van der Waals surface area contributed by atoms with E-state index in [0.29, 0.717) is 22.5 Å². The summed E-state index contributed by atoms with van der Waals surface area (Å²) in [6, 6.07) is 9.08. The number of amides is 1. The van der Waals surface area contributed by atoms with Crippen LogP contribution < -0.4 is 5.32 Å². The van der Waals surface area contributed by atoms with E-state index in [9.17, 15) is 4.79 Å². The first kappa shape index (κ1) is 12.3. The van der Waals surface area contributed by atoms with Crippen molar-refractivity contribution in [2.24, 2.45) is 0 Å². The van der Waals surface area contributed by atoms with Crippen LogP contribution in [-0.4, -0.2) is 15.9 Å². The summed E-state index contributed by atoms with van der Waals surface area (Å²) in [5, 5.41) is 2.81. The molecule has 0 aliphatic carbocycles. The van der Waals surface area contributed by atoms with Crippen molar-refractivity contribution in [3.8, 4) is 0 Å². The maximum absolute atomic E-state index is 12.2. The maximum Gasteiger partial charge on any atom is 0.274 e. The van der Waals surface area contributed by atoms with Gasteiger partial charge in [0.15, 0.2) is 12.0 Å². The quantitative estimate of drug-likeness (QED) is 0.792. The van der Waals surface area contributed by atoms with Crippen LogP contribution in [0.15, 0.2) is 47.3 Å². The van der Waals surface area contributed by atoms with E-state index in [4.69, 9.17) is 4.42 Å². The van der Waals surface area contributed by atoms with Crippen molar-refractivity contribution in [1.82, 2.24) is 9.97 Å². The van der Waals surface area contributed by atoms with Gasteiger partial charge in [0, 0.05) is 6.20 Å². The number of carbonyl (C=O) groups is 1. The van der Waals surface area contributed by atoms with Crippen molar-refractivity contribution in [1.29, 1.82) is 0 Å². The summed E-state index contributed by atoms with van der Waals surface area (Å²) in [6.45, 7) is 2.03. The number of fused-ring (bicyclic) bond motifs is 1. The normalized spacial score (nSPS) is 10.7. The van der Waals surface area contributed by atoms with Crippen LogP contribution in [0.5, 0.6) is 0 Å². The van der Waals surface area contributed by atoms with Crippen LogP contribution in [0.3, 0.4) is 0 Å². The topological polar surface area (TPSA) is 68.0 Å². The second-order valence-electron chi connectivity index (χ2n) is 4.36. The molecule has 0 saturated carbocycles. The van der Waals surface area contributed by atoms with Gasteiger partial charge in [0.2, 0.25) is 0 Å². The van der Waals surface area contributed by atoms with Crippen LogP contribution in [0.2, 0.25) is 0 Å². The minimum Gasteiger partial charge on any atom is -0.443 e. The lowest BCUT2D eigenvalue weighted by Gasteiger charge is -2.05. The number of oxazole rings is 1. The Morgan fingerprint density at radius 3 is 3.05 bits per heavy atom. The summed E-state index contributed by atoms with van der Waals surface area (Å²) >= 11 is 0. The zero-order valence-corrected chi connectivity index (χ0v) is 11.0. The minimum atomic E-state index is -0.254. The summed E-state index contributed by atoms with van der Waals surface area (Å²) in [6.07, 6.45) is 3.86. The minimum absolute atomic E-state index is 0.254. The first-order valence-electron chi connectivity index (χ1n) is 6.36. The Morgan fingerprint density at radius 1 is 1.30 bits per heavy atom. The van der Waals surface area contributed by atoms with E-state index >= 15 is 0 Å². The standard InChI is InChI=1S/C15H13N3O2/c1-2-10-6-7-16-12(8-10)15(19)18-11-4-3-5-13-14(11)17-9-20-13/h3-9H,2H2,1H3,(H,18,19). The van der Waals surface area contributed by atoms with Gasteiger partial charge < -0.3 is 9.73 Å². The number of pyridine rings is 1. The molecule has 0 radical (unpaired) electrons. The van der Waals surface area contributed by atoms with Crippen LogP contribution in [0.25, 0.3) is 11.1 Å². The number of carbonyl (C=O) groups excluding carboxylic acids is 1. The average molecular weight is 267 g/mol. The molecular weight excluding hydrogens is 254 g/mol. The highest BCUT2D eigenvalue weighted by Crippen LogP contribution is 2.22. The molecule has 0 saturated heterocycles. The number of aromatic nitrogens is 2. The van der Waals surface area contributed by atoms with Crippen LogP contribution in [0, 0.1) is 0 Å². The lowest BCUT2D eigenvalue weighted by atomic mass is 10.2. The summed E-state index contributed by atoms with van der Waals surface area (Å²) in [5.41, 5.74) is 3.35.